The summed E-state index contributed by atoms with van der Waals surface area (Å²) in [6, 6.07) is 0. The van der Waals surface area contributed by atoms with Gasteiger partial charge < -0.3 is 5.32 Å². The Morgan fingerprint density at radius 3 is 1.67 bits per heavy atom. The molecular formula is C11H27N. The summed E-state index contributed by atoms with van der Waals surface area (Å²) in [4.78, 5) is 0. The molecule has 0 aromatic heterocycles. The van der Waals surface area contributed by atoms with E-state index in [4.69, 9.17) is 0 Å². The van der Waals surface area contributed by atoms with Gasteiger partial charge in [0.1, 0.15) is 0 Å². The van der Waals surface area contributed by atoms with Crippen LogP contribution in [0.1, 0.15) is 53.4 Å². The molecule has 0 aliphatic rings. The molecule has 1 nitrogen and oxygen atoms in total. The van der Waals surface area contributed by atoms with Crippen molar-refractivity contribution >= 4 is 0 Å². The average molecular weight is 173 g/mol. The molecule has 0 rings (SSSR count). The highest BCUT2D eigenvalue weighted by Gasteiger charge is 2.03. The lowest BCUT2D eigenvalue weighted by Gasteiger charge is -2.13. The third kappa shape index (κ3) is 9.96. The molecule has 0 amide bonds. The second kappa shape index (κ2) is 13.5. The van der Waals surface area contributed by atoms with Crippen LogP contribution in [0.2, 0.25) is 0 Å². The second-order valence-corrected chi connectivity index (χ2v) is 3.00. The van der Waals surface area contributed by atoms with Crippen molar-refractivity contribution in [2.45, 2.75) is 53.4 Å². The molecule has 0 heterocycles. The fourth-order valence-corrected chi connectivity index (χ4v) is 1.45. The van der Waals surface area contributed by atoms with Crippen LogP contribution in [0.5, 0.6) is 0 Å². The minimum atomic E-state index is 0.917. The van der Waals surface area contributed by atoms with E-state index in [0.717, 1.165) is 5.92 Å². The van der Waals surface area contributed by atoms with Gasteiger partial charge in [0.15, 0.2) is 0 Å². The fourth-order valence-electron chi connectivity index (χ4n) is 1.45. The van der Waals surface area contributed by atoms with Crippen molar-refractivity contribution in [1.82, 2.24) is 5.32 Å². The van der Waals surface area contributed by atoms with Crippen LogP contribution in [-0.2, 0) is 0 Å². The molecular weight excluding hydrogens is 146 g/mol. The maximum atomic E-state index is 3.24. The normalized spacial score (nSPS) is 9.50. The Balaban J connectivity index is 0. The van der Waals surface area contributed by atoms with Crippen LogP contribution in [0, 0.1) is 5.92 Å². The topological polar surface area (TPSA) is 12.0 Å². The molecule has 0 atom stereocenters. The van der Waals surface area contributed by atoms with Gasteiger partial charge in [0.25, 0.3) is 0 Å². The number of hydrogen-bond acceptors (Lipinski definition) is 1. The summed E-state index contributed by atoms with van der Waals surface area (Å²) >= 11 is 0. The monoisotopic (exact) mass is 173 g/mol. The minimum Gasteiger partial charge on any atom is -0.319 e. The quantitative estimate of drug-likeness (QED) is 0.648. The molecule has 0 radical (unpaired) electrons. The first-order valence-electron chi connectivity index (χ1n) is 5.49. The largest absolute Gasteiger partial charge is 0.319 e. The van der Waals surface area contributed by atoms with Gasteiger partial charge in [-0.15, -0.1) is 0 Å². The zero-order chi connectivity index (χ0) is 9.82. The number of hydrogen-bond donors (Lipinski definition) is 1. The minimum absolute atomic E-state index is 0.917. The molecule has 0 aromatic carbocycles. The van der Waals surface area contributed by atoms with E-state index in [1.54, 1.807) is 0 Å². The van der Waals surface area contributed by atoms with Crippen molar-refractivity contribution < 1.29 is 0 Å². The van der Waals surface area contributed by atoms with Gasteiger partial charge in [0.2, 0.25) is 0 Å². The fraction of sp³-hybridized carbons (Fsp3) is 1.00. The van der Waals surface area contributed by atoms with Gasteiger partial charge in [-0.05, 0) is 32.4 Å². The van der Waals surface area contributed by atoms with Gasteiger partial charge in [-0.25, -0.2) is 0 Å². The predicted molar refractivity (Wildman–Crippen MR) is 58.6 cm³/mol. The summed E-state index contributed by atoms with van der Waals surface area (Å²) in [5, 5.41) is 3.24. The van der Waals surface area contributed by atoms with Crippen molar-refractivity contribution in [3.63, 3.8) is 0 Å². The molecule has 0 aliphatic carbocycles. The molecule has 0 aromatic rings. The van der Waals surface area contributed by atoms with Crippen molar-refractivity contribution in [2.75, 3.05) is 13.6 Å². The van der Waals surface area contributed by atoms with E-state index in [-0.39, 0.29) is 0 Å². The van der Waals surface area contributed by atoms with Gasteiger partial charge in [-0.1, -0.05) is 40.5 Å². The standard InChI is InChI=1S/C9H21N.C2H6/c1-4-6-9(7-5-2)8-10-3;1-2/h9-10H,4-8H2,1-3H3;1-2H3. The van der Waals surface area contributed by atoms with E-state index in [0.29, 0.717) is 0 Å². The molecule has 0 aliphatic heterocycles. The molecule has 1 heteroatoms. The van der Waals surface area contributed by atoms with Gasteiger partial charge in [-0.2, -0.15) is 0 Å². The highest BCUT2D eigenvalue weighted by molar-refractivity contribution is 4.59. The smallest absolute Gasteiger partial charge is 0.00235 e. The molecule has 0 saturated carbocycles. The van der Waals surface area contributed by atoms with E-state index in [2.05, 4.69) is 19.2 Å². The molecule has 0 bridgehead atoms. The summed E-state index contributed by atoms with van der Waals surface area (Å²) in [7, 11) is 2.04. The summed E-state index contributed by atoms with van der Waals surface area (Å²) in [5.41, 5.74) is 0. The summed E-state index contributed by atoms with van der Waals surface area (Å²) in [6.45, 7) is 9.72. The zero-order valence-electron chi connectivity index (χ0n) is 9.61. The number of nitrogens with one attached hydrogen (secondary N) is 1. The lowest BCUT2D eigenvalue weighted by molar-refractivity contribution is 0.424. The van der Waals surface area contributed by atoms with Crippen LogP contribution < -0.4 is 5.32 Å². The molecule has 12 heavy (non-hydrogen) atoms. The van der Waals surface area contributed by atoms with Crippen LogP contribution in [0.25, 0.3) is 0 Å². The second-order valence-electron chi connectivity index (χ2n) is 3.00. The SMILES string of the molecule is CC.CCCC(CCC)CNC. The van der Waals surface area contributed by atoms with E-state index in [1.807, 2.05) is 20.9 Å². The molecule has 76 valence electrons. The van der Waals surface area contributed by atoms with Crippen LogP contribution in [0.3, 0.4) is 0 Å². The highest BCUT2D eigenvalue weighted by Crippen LogP contribution is 2.11. The van der Waals surface area contributed by atoms with Gasteiger partial charge >= 0.3 is 0 Å². The Kier molecular flexibility index (Phi) is 16.3. The van der Waals surface area contributed by atoms with E-state index >= 15 is 0 Å². The van der Waals surface area contributed by atoms with Crippen molar-refractivity contribution in [3.05, 3.63) is 0 Å². The molecule has 0 unspecified atom stereocenters. The lowest BCUT2D eigenvalue weighted by Crippen LogP contribution is -2.18. The molecule has 0 fully saturated rings. The first-order chi connectivity index (χ1) is 5.85. The Hall–Kier alpha value is -0.0400. The van der Waals surface area contributed by atoms with Crippen molar-refractivity contribution in [2.24, 2.45) is 5.92 Å². The lowest BCUT2D eigenvalue weighted by atomic mass is 9.98. The summed E-state index contributed by atoms with van der Waals surface area (Å²) < 4.78 is 0. The Morgan fingerprint density at radius 1 is 1.00 bits per heavy atom. The first-order valence-corrected chi connectivity index (χ1v) is 5.49. The van der Waals surface area contributed by atoms with Crippen LogP contribution in [0.15, 0.2) is 0 Å². The maximum Gasteiger partial charge on any atom is -0.00235 e. The Labute approximate surface area is 78.9 Å². The van der Waals surface area contributed by atoms with E-state index in [1.165, 1.54) is 32.2 Å². The Bertz CT molecular complexity index is 47.8. The summed E-state index contributed by atoms with van der Waals surface area (Å²) in [6.07, 6.45) is 5.42. The third-order valence-electron chi connectivity index (χ3n) is 1.89. The Morgan fingerprint density at radius 2 is 1.42 bits per heavy atom. The van der Waals surface area contributed by atoms with Crippen LogP contribution in [0.4, 0.5) is 0 Å². The number of rotatable bonds is 6. The summed E-state index contributed by atoms with van der Waals surface area (Å²) in [5.74, 6) is 0.917. The van der Waals surface area contributed by atoms with Crippen LogP contribution in [-0.4, -0.2) is 13.6 Å². The predicted octanol–water partition coefficient (Wildman–Crippen LogP) is 3.45. The maximum absolute atomic E-state index is 3.24. The van der Waals surface area contributed by atoms with Gasteiger partial charge in [0, 0.05) is 0 Å². The average Bonchev–Trinajstić information content (AvgIpc) is 2.10. The van der Waals surface area contributed by atoms with Crippen molar-refractivity contribution in [3.8, 4) is 0 Å². The third-order valence-corrected chi connectivity index (χ3v) is 1.89. The van der Waals surface area contributed by atoms with Crippen LogP contribution >= 0.6 is 0 Å². The molecule has 0 saturated heterocycles. The van der Waals surface area contributed by atoms with Gasteiger partial charge in [-0.3, -0.25) is 0 Å². The van der Waals surface area contributed by atoms with E-state index < -0.39 is 0 Å². The molecule has 1 N–H and O–H groups in total. The van der Waals surface area contributed by atoms with Gasteiger partial charge in [0.05, 0.1) is 0 Å². The first kappa shape index (κ1) is 14.5. The molecule has 0 spiro atoms. The highest BCUT2D eigenvalue weighted by atomic mass is 14.8. The van der Waals surface area contributed by atoms with Crippen molar-refractivity contribution in [1.29, 1.82) is 0 Å². The zero-order valence-corrected chi connectivity index (χ0v) is 9.61. The van der Waals surface area contributed by atoms with E-state index in [9.17, 15) is 0 Å².